The lowest BCUT2D eigenvalue weighted by atomic mass is 10.2. The van der Waals surface area contributed by atoms with E-state index in [1.165, 1.54) is 0 Å². The molecule has 1 aliphatic rings. The summed E-state index contributed by atoms with van der Waals surface area (Å²) in [7, 11) is 0. The molecule has 2 amide bonds. The fourth-order valence-corrected chi connectivity index (χ4v) is 2.69. The third-order valence-corrected chi connectivity index (χ3v) is 3.99. The first-order chi connectivity index (χ1) is 12.2. The van der Waals surface area contributed by atoms with Gasteiger partial charge < -0.3 is 20.3 Å². The van der Waals surface area contributed by atoms with Gasteiger partial charge in [0, 0.05) is 44.3 Å². The van der Waals surface area contributed by atoms with E-state index in [0.29, 0.717) is 13.1 Å². The Kier molecular flexibility index (Phi) is 5.84. The summed E-state index contributed by atoms with van der Waals surface area (Å²) in [5.74, 6) is 0.948. The largest absolute Gasteiger partial charge is 0.378 e. The number of hydrogen-bond acceptors (Lipinski definition) is 5. The number of nitrogens with one attached hydrogen (secondary N) is 2. The van der Waals surface area contributed by atoms with Crippen molar-refractivity contribution in [2.75, 3.05) is 31.2 Å². The molecule has 0 unspecified atom stereocenters. The molecule has 8 nitrogen and oxygen atoms in total. The van der Waals surface area contributed by atoms with Crippen LogP contribution < -0.4 is 15.5 Å². The number of carbonyl (C=O) groups excluding carboxylic acids is 1. The number of morpholine rings is 1. The van der Waals surface area contributed by atoms with Crippen molar-refractivity contribution in [3.8, 4) is 0 Å². The number of carbonyl (C=O) groups is 1. The fourth-order valence-electron chi connectivity index (χ4n) is 2.69. The second kappa shape index (κ2) is 8.48. The molecule has 3 heterocycles. The molecule has 0 radical (unpaired) electrons. The summed E-state index contributed by atoms with van der Waals surface area (Å²) in [6.45, 7) is 6.22. The lowest BCUT2D eigenvalue weighted by Gasteiger charge is -2.27. The normalized spacial score (nSPS) is 15.6. The quantitative estimate of drug-likeness (QED) is 0.817. The van der Waals surface area contributed by atoms with Crippen molar-refractivity contribution in [3.63, 3.8) is 0 Å². The summed E-state index contributed by atoms with van der Waals surface area (Å²) >= 11 is 0. The predicted molar refractivity (Wildman–Crippen MR) is 94.3 cm³/mol. The van der Waals surface area contributed by atoms with E-state index in [-0.39, 0.29) is 12.1 Å². The first-order valence-electron chi connectivity index (χ1n) is 8.50. The van der Waals surface area contributed by atoms with Crippen LogP contribution in [0.5, 0.6) is 0 Å². The molecule has 0 saturated carbocycles. The molecule has 2 aromatic heterocycles. The van der Waals surface area contributed by atoms with E-state index in [9.17, 15) is 4.79 Å². The van der Waals surface area contributed by atoms with Crippen LogP contribution in [0.2, 0.25) is 0 Å². The number of hydrogen-bond donors (Lipinski definition) is 2. The van der Waals surface area contributed by atoms with Gasteiger partial charge in [-0.15, -0.1) is 0 Å². The van der Waals surface area contributed by atoms with Gasteiger partial charge in [0.05, 0.1) is 19.8 Å². The second-order valence-electron chi connectivity index (χ2n) is 6.08. The number of anilines is 1. The number of ether oxygens (including phenoxy) is 1. The minimum Gasteiger partial charge on any atom is -0.378 e. The van der Waals surface area contributed by atoms with Gasteiger partial charge in [-0.1, -0.05) is 6.07 Å². The van der Waals surface area contributed by atoms with Crippen molar-refractivity contribution in [1.29, 1.82) is 0 Å². The van der Waals surface area contributed by atoms with Gasteiger partial charge in [0.1, 0.15) is 5.82 Å². The Bertz CT molecular complexity index is 652. The van der Waals surface area contributed by atoms with E-state index in [2.05, 4.69) is 25.6 Å². The molecule has 0 bridgehead atoms. The zero-order chi connectivity index (χ0) is 17.5. The molecule has 0 spiro atoms. The highest BCUT2D eigenvalue weighted by atomic mass is 16.5. The van der Waals surface area contributed by atoms with Crippen LogP contribution in [-0.2, 0) is 17.8 Å². The zero-order valence-electron chi connectivity index (χ0n) is 14.4. The Labute approximate surface area is 147 Å². The molecule has 2 N–H and O–H groups in total. The number of amides is 2. The third kappa shape index (κ3) is 5.18. The van der Waals surface area contributed by atoms with Crippen LogP contribution >= 0.6 is 0 Å². The first-order valence-corrected chi connectivity index (χ1v) is 8.50. The molecule has 0 aromatic carbocycles. The smallest absolute Gasteiger partial charge is 0.315 e. The summed E-state index contributed by atoms with van der Waals surface area (Å²) in [4.78, 5) is 18.7. The van der Waals surface area contributed by atoms with Crippen molar-refractivity contribution in [1.82, 2.24) is 25.4 Å². The van der Waals surface area contributed by atoms with Crippen LogP contribution in [-0.4, -0.2) is 53.1 Å². The molecule has 25 heavy (non-hydrogen) atoms. The first kappa shape index (κ1) is 17.2. The maximum absolute atomic E-state index is 12.0. The molecule has 8 heteroatoms. The van der Waals surface area contributed by atoms with Crippen LogP contribution in [0, 0.1) is 0 Å². The average Bonchev–Trinajstić information content (AvgIpc) is 3.14. The Morgan fingerprint density at radius 3 is 2.88 bits per heavy atom. The minimum atomic E-state index is -0.197. The van der Waals surface area contributed by atoms with Gasteiger partial charge in [0.2, 0.25) is 0 Å². The van der Waals surface area contributed by atoms with E-state index in [1.807, 2.05) is 31.3 Å². The fraction of sp³-hybridized carbons (Fsp3) is 0.471. The highest BCUT2D eigenvalue weighted by Gasteiger charge is 2.12. The van der Waals surface area contributed by atoms with Crippen LogP contribution in [0.4, 0.5) is 10.6 Å². The molecule has 134 valence electrons. The highest BCUT2D eigenvalue weighted by Crippen LogP contribution is 2.12. The van der Waals surface area contributed by atoms with Gasteiger partial charge in [-0.05, 0) is 24.6 Å². The van der Waals surface area contributed by atoms with Gasteiger partial charge in [0.25, 0.3) is 0 Å². The Morgan fingerprint density at radius 1 is 1.36 bits per heavy atom. The zero-order valence-corrected chi connectivity index (χ0v) is 14.4. The third-order valence-electron chi connectivity index (χ3n) is 3.99. The molecule has 1 fully saturated rings. The van der Waals surface area contributed by atoms with Gasteiger partial charge in [-0.2, -0.15) is 5.10 Å². The van der Waals surface area contributed by atoms with Crippen LogP contribution in [0.15, 0.2) is 36.8 Å². The van der Waals surface area contributed by atoms with Crippen LogP contribution in [0.25, 0.3) is 0 Å². The van der Waals surface area contributed by atoms with Gasteiger partial charge in [-0.3, -0.25) is 4.68 Å². The summed E-state index contributed by atoms with van der Waals surface area (Å²) in [5, 5.41) is 9.88. The second-order valence-corrected chi connectivity index (χ2v) is 6.08. The molecule has 0 aliphatic carbocycles. The Morgan fingerprint density at radius 2 is 2.20 bits per heavy atom. The van der Waals surface area contributed by atoms with Crippen molar-refractivity contribution in [2.24, 2.45) is 0 Å². The molecule has 2 aromatic rings. The van der Waals surface area contributed by atoms with Crippen molar-refractivity contribution in [3.05, 3.63) is 42.4 Å². The molecular formula is C17H24N6O2. The monoisotopic (exact) mass is 344 g/mol. The van der Waals surface area contributed by atoms with E-state index in [0.717, 1.165) is 37.7 Å². The van der Waals surface area contributed by atoms with Gasteiger partial charge >= 0.3 is 6.03 Å². The van der Waals surface area contributed by atoms with Gasteiger partial charge in [-0.25, -0.2) is 9.78 Å². The van der Waals surface area contributed by atoms with E-state index >= 15 is 0 Å². The lowest BCUT2D eigenvalue weighted by Crippen LogP contribution is -2.42. The molecule has 1 aliphatic heterocycles. The number of urea groups is 1. The summed E-state index contributed by atoms with van der Waals surface area (Å²) in [6, 6.07) is 5.63. The number of rotatable bonds is 6. The standard InChI is InChI=1S/C17H24N6O2/c1-14(13-23-6-2-5-20-23)21-17(24)19-12-15-3-4-16(18-11-15)22-7-9-25-10-8-22/h2-6,11,14H,7-10,12-13H2,1H3,(H2,19,21,24)/t14-/m0/s1. The van der Waals surface area contributed by atoms with Crippen molar-refractivity contribution >= 4 is 11.8 Å². The maximum Gasteiger partial charge on any atom is 0.315 e. The van der Waals surface area contributed by atoms with Crippen LogP contribution in [0.1, 0.15) is 12.5 Å². The average molecular weight is 344 g/mol. The molecule has 1 saturated heterocycles. The van der Waals surface area contributed by atoms with E-state index in [4.69, 9.17) is 4.74 Å². The number of nitrogens with zero attached hydrogens (tertiary/aromatic N) is 4. The Balaban J connectivity index is 1.42. The lowest BCUT2D eigenvalue weighted by molar-refractivity contribution is 0.122. The molecule has 3 rings (SSSR count). The number of pyridine rings is 1. The summed E-state index contributed by atoms with van der Waals surface area (Å²) in [5.41, 5.74) is 0.965. The van der Waals surface area contributed by atoms with E-state index in [1.54, 1.807) is 17.1 Å². The topological polar surface area (TPSA) is 84.3 Å². The van der Waals surface area contributed by atoms with Crippen molar-refractivity contribution in [2.45, 2.75) is 26.1 Å². The molecule has 1 atom stereocenters. The molecular weight excluding hydrogens is 320 g/mol. The summed E-state index contributed by atoms with van der Waals surface area (Å²) < 4.78 is 7.14. The summed E-state index contributed by atoms with van der Waals surface area (Å²) in [6.07, 6.45) is 5.40. The maximum atomic E-state index is 12.0. The minimum absolute atomic E-state index is 0.0123. The predicted octanol–water partition coefficient (Wildman–Crippen LogP) is 1.00. The van der Waals surface area contributed by atoms with Crippen molar-refractivity contribution < 1.29 is 9.53 Å². The number of aromatic nitrogens is 3. The van der Waals surface area contributed by atoms with E-state index < -0.39 is 0 Å². The Hall–Kier alpha value is -2.61. The highest BCUT2D eigenvalue weighted by molar-refractivity contribution is 5.74. The van der Waals surface area contributed by atoms with Crippen LogP contribution in [0.3, 0.4) is 0 Å². The SMILES string of the molecule is C[C@@H](Cn1cccn1)NC(=O)NCc1ccc(N2CCOCC2)nc1. The van der Waals surface area contributed by atoms with Gasteiger partial charge in [0.15, 0.2) is 0 Å².